The first-order chi connectivity index (χ1) is 9.56. The van der Waals surface area contributed by atoms with E-state index in [9.17, 15) is 9.90 Å². The number of likely N-dealkylation sites (tertiary alicyclic amines) is 1. The van der Waals surface area contributed by atoms with Crippen LogP contribution in [-0.4, -0.2) is 40.2 Å². The fourth-order valence-corrected chi connectivity index (χ4v) is 2.49. The van der Waals surface area contributed by atoms with Gasteiger partial charge < -0.3 is 15.3 Å². The molecule has 0 spiro atoms. The number of nitrogens with one attached hydrogen (secondary N) is 1. The molecule has 2 N–H and O–H groups in total. The summed E-state index contributed by atoms with van der Waals surface area (Å²) in [6, 6.07) is 3.43. The minimum absolute atomic E-state index is 0.105. The maximum Gasteiger partial charge on any atom is 0.317 e. The van der Waals surface area contributed by atoms with Crippen LogP contribution in [0.1, 0.15) is 25.5 Å². The minimum atomic E-state index is -0.372. The highest BCUT2D eigenvalue weighted by Crippen LogP contribution is 2.19. The second-order valence-corrected chi connectivity index (χ2v) is 5.65. The van der Waals surface area contributed by atoms with Crippen LogP contribution < -0.4 is 5.32 Å². The summed E-state index contributed by atoms with van der Waals surface area (Å²) in [4.78, 5) is 18.0. The first kappa shape index (κ1) is 15.1. The topological polar surface area (TPSA) is 65.5 Å². The molecule has 1 aromatic rings. The molecule has 1 aliphatic rings. The lowest BCUT2D eigenvalue weighted by molar-refractivity contribution is 0.0738. The van der Waals surface area contributed by atoms with Gasteiger partial charge in [-0.05, 0) is 31.9 Å². The molecule has 20 heavy (non-hydrogen) atoms. The first-order valence-electron chi connectivity index (χ1n) is 6.87. The lowest BCUT2D eigenvalue weighted by Gasteiger charge is -2.34. The number of rotatable bonds is 3. The molecule has 2 amide bonds. The van der Waals surface area contributed by atoms with Crippen LogP contribution in [0.15, 0.2) is 18.3 Å². The molecule has 1 aliphatic heterocycles. The number of hydrogen-bond donors (Lipinski definition) is 2. The van der Waals surface area contributed by atoms with E-state index in [-0.39, 0.29) is 18.1 Å². The van der Waals surface area contributed by atoms with Crippen LogP contribution >= 0.6 is 11.6 Å². The Hall–Kier alpha value is -1.33. The minimum Gasteiger partial charge on any atom is -0.393 e. The van der Waals surface area contributed by atoms with Gasteiger partial charge in [-0.25, -0.2) is 4.79 Å². The molecule has 0 saturated carbocycles. The normalized spacial score (nSPS) is 20.6. The molecule has 6 heteroatoms. The van der Waals surface area contributed by atoms with Crippen LogP contribution in [0, 0.1) is 5.92 Å². The van der Waals surface area contributed by atoms with E-state index in [1.165, 1.54) is 0 Å². The van der Waals surface area contributed by atoms with Crippen molar-refractivity contribution in [3.05, 3.63) is 29.0 Å². The lowest BCUT2D eigenvalue weighted by Crippen LogP contribution is -2.47. The zero-order valence-corrected chi connectivity index (χ0v) is 12.3. The molecule has 1 aromatic heterocycles. The van der Waals surface area contributed by atoms with Crippen molar-refractivity contribution in [2.75, 3.05) is 13.1 Å². The number of aliphatic hydroxyl groups excluding tert-OH is 1. The second kappa shape index (κ2) is 6.90. The second-order valence-electron chi connectivity index (χ2n) is 5.22. The molecule has 0 radical (unpaired) electrons. The van der Waals surface area contributed by atoms with Crippen molar-refractivity contribution in [1.82, 2.24) is 15.2 Å². The quantitative estimate of drug-likeness (QED) is 0.897. The predicted molar refractivity (Wildman–Crippen MR) is 77.5 cm³/mol. The first-order valence-corrected chi connectivity index (χ1v) is 7.25. The zero-order chi connectivity index (χ0) is 14.5. The van der Waals surface area contributed by atoms with Crippen molar-refractivity contribution in [3.8, 4) is 0 Å². The zero-order valence-electron chi connectivity index (χ0n) is 11.6. The van der Waals surface area contributed by atoms with Crippen molar-refractivity contribution < 1.29 is 9.90 Å². The number of nitrogens with zero attached hydrogens (tertiary/aromatic N) is 2. The van der Waals surface area contributed by atoms with Gasteiger partial charge in [0.25, 0.3) is 0 Å². The Bertz CT molecular complexity index is 450. The van der Waals surface area contributed by atoms with Crippen LogP contribution in [0.4, 0.5) is 4.79 Å². The molecule has 5 nitrogen and oxygen atoms in total. The summed E-state index contributed by atoms with van der Waals surface area (Å²) in [5, 5.41) is 13.1. The number of halogens is 1. The molecular weight excluding hydrogens is 278 g/mol. The number of carbonyl (C=O) groups is 1. The van der Waals surface area contributed by atoms with E-state index in [0.717, 1.165) is 25.1 Å². The van der Waals surface area contributed by atoms with Gasteiger partial charge >= 0.3 is 6.03 Å². The molecular formula is C14H20ClN3O2. The number of aliphatic hydroxyl groups is 1. The van der Waals surface area contributed by atoms with Gasteiger partial charge in [0, 0.05) is 25.2 Å². The monoisotopic (exact) mass is 297 g/mol. The summed E-state index contributed by atoms with van der Waals surface area (Å²) in [5.74, 6) is 0.170. The Balaban J connectivity index is 1.83. The lowest BCUT2D eigenvalue weighted by atomic mass is 9.94. The van der Waals surface area contributed by atoms with Crippen molar-refractivity contribution in [2.24, 2.45) is 5.92 Å². The van der Waals surface area contributed by atoms with Gasteiger partial charge in [-0.1, -0.05) is 11.6 Å². The third-order valence-corrected chi connectivity index (χ3v) is 3.86. The highest BCUT2D eigenvalue weighted by Gasteiger charge is 2.26. The number of amides is 2. The maximum atomic E-state index is 12.1. The highest BCUT2D eigenvalue weighted by molar-refractivity contribution is 6.30. The van der Waals surface area contributed by atoms with Gasteiger partial charge in [0.2, 0.25) is 0 Å². The van der Waals surface area contributed by atoms with Crippen LogP contribution in [0.3, 0.4) is 0 Å². The standard InChI is InChI=1S/C14H20ClN3O2/c1-10(19)11-3-2-6-18(9-11)14(20)17-8-13-5-4-12(15)7-16-13/h4-5,7,10-11,19H,2-3,6,8-9H2,1H3,(H,17,20). The van der Waals surface area contributed by atoms with Gasteiger partial charge in [-0.3, -0.25) is 4.98 Å². The molecule has 2 heterocycles. The molecule has 2 unspecified atom stereocenters. The average molecular weight is 298 g/mol. The number of aromatic nitrogens is 1. The van der Waals surface area contributed by atoms with E-state index in [1.54, 1.807) is 30.2 Å². The molecule has 1 fully saturated rings. The largest absolute Gasteiger partial charge is 0.393 e. The number of urea groups is 1. The van der Waals surface area contributed by atoms with E-state index in [0.29, 0.717) is 18.1 Å². The van der Waals surface area contributed by atoms with Gasteiger partial charge in [0.05, 0.1) is 23.4 Å². The van der Waals surface area contributed by atoms with Crippen molar-refractivity contribution >= 4 is 17.6 Å². The van der Waals surface area contributed by atoms with E-state index < -0.39 is 0 Å². The van der Waals surface area contributed by atoms with E-state index in [2.05, 4.69) is 10.3 Å². The third kappa shape index (κ3) is 4.08. The van der Waals surface area contributed by atoms with E-state index >= 15 is 0 Å². The molecule has 0 aliphatic carbocycles. The Kier molecular flexibility index (Phi) is 5.20. The van der Waals surface area contributed by atoms with E-state index in [4.69, 9.17) is 11.6 Å². The summed E-state index contributed by atoms with van der Waals surface area (Å²) in [7, 11) is 0. The smallest absolute Gasteiger partial charge is 0.317 e. The Morgan fingerprint density at radius 3 is 3.10 bits per heavy atom. The maximum absolute atomic E-state index is 12.1. The Morgan fingerprint density at radius 1 is 1.65 bits per heavy atom. The summed E-state index contributed by atoms with van der Waals surface area (Å²) >= 11 is 5.76. The number of pyridine rings is 1. The Morgan fingerprint density at radius 2 is 2.45 bits per heavy atom. The SMILES string of the molecule is CC(O)C1CCCN(C(=O)NCc2ccc(Cl)cn2)C1. The molecule has 1 saturated heterocycles. The third-order valence-electron chi connectivity index (χ3n) is 3.64. The van der Waals surface area contributed by atoms with Gasteiger partial charge in [0.1, 0.15) is 0 Å². The highest BCUT2D eigenvalue weighted by atomic mass is 35.5. The molecule has 2 atom stereocenters. The van der Waals surface area contributed by atoms with Crippen molar-refractivity contribution in [1.29, 1.82) is 0 Å². The van der Waals surface area contributed by atoms with Crippen molar-refractivity contribution in [2.45, 2.75) is 32.4 Å². The molecule has 2 rings (SSSR count). The van der Waals surface area contributed by atoms with Crippen LogP contribution in [0.5, 0.6) is 0 Å². The molecule has 0 aromatic carbocycles. The summed E-state index contributed by atoms with van der Waals surface area (Å²) in [6.45, 7) is 3.51. The summed E-state index contributed by atoms with van der Waals surface area (Å²) < 4.78 is 0. The molecule has 110 valence electrons. The number of hydrogen-bond acceptors (Lipinski definition) is 3. The summed E-state index contributed by atoms with van der Waals surface area (Å²) in [5.41, 5.74) is 0.770. The number of piperidine rings is 1. The van der Waals surface area contributed by atoms with Crippen LogP contribution in [0.25, 0.3) is 0 Å². The Labute approximate surface area is 123 Å². The van der Waals surface area contributed by atoms with Gasteiger partial charge in [0.15, 0.2) is 0 Å². The van der Waals surface area contributed by atoms with Gasteiger partial charge in [-0.2, -0.15) is 0 Å². The fraction of sp³-hybridized carbons (Fsp3) is 0.571. The van der Waals surface area contributed by atoms with E-state index in [1.807, 2.05) is 0 Å². The average Bonchev–Trinajstić information content (AvgIpc) is 2.46. The fourth-order valence-electron chi connectivity index (χ4n) is 2.38. The summed E-state index contributed by atoms with van der Waals surface area (Å²) in [6.07, 6.45) is 3.10. The van der Waals surface area contributed by atoms with Gasteiger partial charge in [-0.15, -0.1) is 0 Å². The predicted octanol–water partition coefficient (Wildman–Crippen LogP) is 2.04. The van der Waals surface area contributed by atoms with Crippen LogP contribution in [-0.2, 0) is 6.54 Å². The molecule has 0 bridgehead atoms. The van der Waals surface area contributed by atoms with Crippen molar-refractivity contribution in [3.63, 3.8) is 0 Å². The van der Waals surface area contributed by atoms with Crippen LogP contribution in [0.2, 0.25) is 5.02 Å². The number of carbonyl (C=O) groups excluding carboxylic acids is 1.